The lowest BCUT2D eigenvalue weighted by Gasteiger charge is -2.20. The summed E-state index contributed by atoms with van der Waals surface area (Å²) in [6.07, 6.45) is 1.75. The van der Waals surface area contributed by atoms with Crippen molar-refractivity contribution in [2.75, 3.05) is 37.4 Å². The van der Waals surface area contributed by atoms with E-state index in [0.29, 0.717) is 23.0 Å². The average Bonchev–Trinajstić information content (AvgIpc) is 2.78. The molecule has 18 heavy (non-hydrogen) atoms. The first-order chi connectivity index (χ1) is 8.65. The fraction of sp³-hybridized carbons (Fsp3) is 0.538. The first-order valence-electron chi connectivity index (χ1n) is 6.14. The highest BCUT2D eigenvalue weighted by Crippen LogP contribution is 2.33. The average molecular weight is 254 g/mol. The maximum absolute atomic E-state index is 13.9. The minimum absolute atomic E-state index is 0.187. The molecule has 3 N–H and O–H groups in total. The number of nitrogens with zero attached hydrogens (tertiary/aromatic N) is 1. The van der Waals surface area contributed by atoms with Crippen molar-refractivity contribution in [2.45, 2.75) is 12.8 Å². The summed E-state index contributed by atoms with van der Waals surface area (Å²) in [7, 11) is 1.52. The predicted molar refractivity (Wildman–Crippen MR) is 69.4 cm³/mol. The molecule has 1 aromatic rings. The van der Waals surface area contributed by atoms with Crippen LogP contribution in [0.15, 0.2) is 12.1 Å². The van der Waals surface area contributed by atoms with Crippen LogP contribution in [0.2, 0.25) is 0 Å². The molecule has 100 valence electrons. The van der Waals surface area contributed by atoms with E-state index in [1.165, 1.54) is 13.2 Å². The quantitative estimate of drug-likeness (QED) is 0.802. The Morgan fingerprint density at radius 2 is 2.33 bits per heavy atom. The van der Waals surface area contributed by atoms with E-state index in [4.69, 9.17) is 15.6 Å². The Hall–Kier alpha value is -1.49. The molecule has 0 amide bonds. The minimum Gasteiger partial charge on any atom is -0.495 e. The number of aliphatic hydroxyl groups is 1. The number of hydrogen-bond acceptors (Lipinski definition) is 4. The summed E-state index contributed by atoms with van der Waals surface area (Å²) >= 11 is 0. The summed E-state index contributed by atoms with van der Waals surface area (Å²) in [6, 6.07) is 2.94. The molecule has 1 aliphatic rings. The second-order valence-electron chi connectivity index (χ2n) is 4.66. The van der Waals surface area contributed by atoms with Gasteiger partial charge in [0.2, 0.25) is 0 Å². The van der Waals surface area contributed by atoms with Crippen LogP contribution < -0.4 is 15.4 Å². The van der Waals surface area contributed by atoms with Crippen LogP contribution in [0.1, 0.15) is 12.8 Å². The molecule has 0 radical (unpaired) electrons. The van der Waals surface area contributed by atoms with E-state index < -0.39 is 0 Å². The number of anilines is 2. The van der Waals surface area contributed by atoms with Crippen molar-refractivity contribution < 1.29 is 14.2 Å². The molecule has 1 aliphatic heterocycles. The number of methoxy groups -OCH3 is 1. The van der Waals surface area contributed by atoms with E-state index in [1.807, 2.05) is 4.90 Å². The largest absolute Gasteiger partial charge is 0.495 e. The van der Waals surface area contributed by atoms with Crippen LogP contribution >= 0.6 is 0 Å². The highest BCUT2D eigenvalue weighted by Gasteiger charge is 2.25. The molecule has 1 fully saturated rings. The highest BCUT2D eigenvalue weighted by molar-refractivity contribution is 5.63. The summed E-state index contributed by atoms with van der Waals surface area (Å²) in [5.41, 5.74) is 6.50. The molecule has 5 heteroatoms. The van der Waals surface area contributed by atoms with Gasteiger partial charge < -0.3 is 20.5 Å². The van der Waals surface area contributed by atoms with Gasteiger partial charge in [-0.05, 0) is 18.8 Å². The molecule has 1 unspecified atom stereocenters. The first-order valence-corrected chi connectivity index (χ1v) is 6.14. The van der Waals surface area contributed by atoms with E-state index in [2.05, 4.69) is 0 Å². The van der Waals surface area contributed by atoms with E-state index >= 15 is 0 Å². The molecule has 1 saturated heterocycles. The molecule has 0 aromatic heterocycles. The second kappa shape index (κ2) is 5.44. The number of aliphatic hydroxyl groups excluding tert-OH is 1. The van der Waals surface area contributed by atoms with Gasteiger partial charge >= 0.3 is 0 Å². The zero-order valence-electron chi connectivity index (χ0n) is 10.5. The molecule has 4 nitrogen and oxygen atoms in total. The topological polar surface area (TPSA) is 58.7 Å². The Kier molecular flexibility index (Phi) is 3.91. The molecular formula is C13H19FN2O2. The van der Waals surface area contributed by atoms with Crippen LogP contribution in [0.25, 0.3) is 0 Å². The molecule has 1 heterocycles. The lowest BCUT2D eigenvalue weighted by Crippen LogP contribution is -2.21. The third-order valence-electron chi connectivity index (χ3n) is 3.46. The zero-order valence-corrected chi connectivity index (χ0v) is 10.5. The molecule has 1 atom stereocenters. The minimum atomic E-state index is -0.321. The first kappa shape index (κ1) is 13.0. The van der Waals surface area contributed by atoms with E-state index in [1.54, 1.807) is 6.07 Å². The number of nitrogen functional groups attached to an aromatic ring is 1. The third kappa shape index (κ3) is 2.51. The summed E-state index contributed by atoms with van der Waals surface area (Å²) in [5.74, 6) is 0.605. The summed E-state index contributed by atoms with van der Waals surface area (Å²) < 4.78 is 19.0. The van der Waals surface area contributed by atoms with Crippen molar-refractivity contribution in [3.05, 3.63) is 17.9 Å². The highest BCUT2D eigenvalue weighted by atomic mass is 19.1. The van der Waals surface area contributed by atoms with E-state index in [-0.39, 0.29) is 12.4 Å². The Morgan fingerprint density at radius 1 is 1.56 bits per heavy atom. The lowest BCUT2D eigenvalue weighted by atomic mass is 10.1. The summed E-state index contributed by atoms with van der Waals surface area (Å²) in [5, 5.41) is 8.93. The van der Waals surface area contributed by atoms with Gasteiger partial charge in [-0.25, -0.2) is 4.39 Å². The third-order valence-corrected chi connectivity index (χ3v) is 3.46. The monoisotopic (exact) mass is 254 g/mol. The molecule has 0 bridgehead atoms. The van der Waals surface area contributed by atoms with Crippen LogP contribution in [-0.2, 0) is 0 Å². The lowest BCUT2D eigenvalue weighted by molar-refractivity contribution is 0.263. The predicted octanol–water partition coefficient (Wildman–Crippen LogP) is 1.63. The summed E-state index contributed by atoms with van der Waals surface area (Å²) in [4.78, 5) is 1.98. The number of nitrogens with two attached hydrogens (primary N) is 1. The molecular weight excluding hydrogens is 235 g/mol. The maximum atomic E-state index is 13.9. The normalized spacial score (nSPS) is 19.3. The number of ether oxygens (including phenoxy) is 1. The maximum Gasteiger partial charge on any atom is 0.148 e. The van der Waals surface area contributed by atoms with Gasteiger partial charge in [-0.15, -0.1) is 0 Å². The smallest absolute Gasteiger partial charge is 0.148 e. The van der Waals surface area contributed by atoms with Gasteiger partial charge in [0.25, 0.3) is 0 Å². The van der Waals surface area contributed by atoms with Crippen molar-refractivity contribution in [3.8, 4) is 5.75 Å². The van der Waals surface area contributed by atoms with Crippen molar-refractivity contribution in [2.24, 2.45) is 5.92 Å². The van der Waals surface area contributed by atoms with Gasteiger partial charge in [0.1, 0.15) is 11.6 Å². The molecule has 1 aromatic carbocycles. The molecule has 0 spiro atoms. The van der Waals surface area contributed by atoms with Crippen molar-refractivity contribution in [1.82, 2.24) is 0 Å². The zero-order chi connectivity index (χ0) is 13.1. The van der Waals surface area contributed by atoms with Gasteiger partial charge in [0, 0.05) is 31.8 Å². The van der Waals surface area contributed by atoms with Gasteiger partial charge in [-0.3, -0.25) is 0 Å². The van der Waals surface area contributed by atoms with Crippen molar-refractivity contribution in [3.63, 3.8) is 0 Å². The van der Waals surface area contributed by atoms with Gasteiger partial charge in [0.05, 0.1) is 18.5 Å². The Labute approximate surface area is 106 Å². The van der Waals surface area contributed by atoms with E-state index in [0.717, 1.165) is 25.9 Å². The Bertz CT molecular complexity index is 426. The van der Waals surface area contributed by atoms with Crippen LogP contribution in [0, 0.1) is 11.7 Å². The fourth-order valence-corrected chi connectivity index (χ4v) is 2.45. The fourth-order valence-electron chi connectivity index (χ4n) is 2.45. The standard InChI is InChI=1S/C13H19FN2O2/c1-18-13-7-12(10(14)6-11(13)15)16-4-2-9(8-16)3-5-17/h6-7,9,17H,2-5,8,15H2,1H3. The van der Waals surface area contributed by atoms with Crippen LogP contribution in [0.5, 0.6) is 5.75 Å². The molecule has 0 aliphatic carbocycles. The Morgan fingerprint density at radius 3 is 3.00 bits per heavy atom. The second-order valence-corrected chi connectivity index (χ2v) is 4.66. The van der Waals surface area contributed by atoms with Crippen LogP contribution in [0.4, 0.5) is 15.8 Å². The van der Waals surface area contributed by atoms with Gasteiger partial charge in [-0.2, -0.15) is 0 Å². The van der Waals surface area contributed by atoms with Crippen LogP contribution in [0.3, 0.4) is 0 Å². The number of rotatable bonds is 4. The SMILES string of the molecule is COc1cc(N2CCC(CCO)C2)c(F)cc1N. The van der Waals surface area contributed by atoms with Crippen molar-refractivity contribution >= 4 is 11.4 Å². The number of hydrogen-bond donors (Lipinski definition) is 2. The van der Waals surface area contributed by atoms with E-state index in [9.17, 15) is 4.39 Å². The van der Waals surface area contributed by atoms with Crippen LogP contribution in [-0.4, -0.2) is 31.9 Å². The van der Waals surface area contributed by atoms with Crippen molar-refractivity contribution in [1.29, 1.82) is 0 Å². The summed E-state index contributed by atoms with van der Waals surface area (Å²) in [6.45, 7) is 1.76. The number of benzene rings is 1. The Balaban J connectivity index is 2.18. The van der Waals surface area contributed by atoms with Gasteiger partial charge in [0.15, 0.2) is 0 Å². The number of halogens is 1. The van der Waals surface area contributed by atoms with Gasteiger partial charge in [-0.1, -0.05) is 0 Å². The molecule has 2 rings (SSSR count). The molecule has 0 saturated carbocycles.